The molecule has 3 atom stereocenters. The van der Waals surface area contributed by atoms with Gasteiger partial charge in [-0.25, -0.2) is 9.18 Å². The molecule has 0 aromatic rings. The zero-order chi connectivity index (χ0) is 20.2. The van der Waals surface area contributed by atoms with Crippen LogP contribution in [0.15, 0.2) is 11.3 Å². The monoisotopic (exact) mass is 381 g/mol. The lowest BCUT2D eigenvalue weighted by molar-refractivity contribution is 0.00578. The highest BCUT2D eigenvalue weighted by molar-refractivity contribution is 6.53. The van der Waals surface area contributed by atoms with Crippen molar-refractivity contribution >= 4 is 13.2 Å². The van der Waals surface area contributed by atoms with Gasteiger partial charge in [-0.1, -0.05) is 0 Å². The highest BCUT2D eigenvalue weighted by Crippen LogP contribution is 2.50. The zero-order valence-corrected chi connectivity index (χ0v) is 17.6. The average Bonchev–Trinajstić information content (AvgIpc) is 2.66. The lowest BCUT2D eigenvalue weighted by atomic mass is 9.59. The highest BCUT2D eigenvalue weighted by Gasteiger charge is 2.55. The number of halogens is 1. The molecule has 27 heavy (non-hydrogen) atoms. The topological polar surface area (TPSA) is 56.8 Å². The van der Waals surface area contributed by atoms with Crippen molar-refractivity contribution in [2.24, 2.45) is 11.8 Å². The minimum absolute atomic E-state index is 0.0356. The van der Waals surface area contributed by atoms with E-state index in [1.165, 1.54) is 0 Å². The zero-order valence-electron chi connectivity index (χ0n) is 17.6. The molecule has 3 unspecified atom stereocenters. The molecule has 0 bridgehead atoms. The molecular formula is C20H33BFNO4. The summed E-state index contributed by atoms with van der Waals surface area (Å²) in [6, 6.07) is 0.0356. The molecule has 1 N–H and O–H groups in total. The largest absolute Gasteiger partial charge is 0.525 e. The van der Waals surface area contributed by atoms with Gasteiger partial charge in [-0.2, -0.15) is 0 Å². The molecule has 0 aromatic carbocycles. The molecule has 1 saturated heterocycles. The molecule has 0 aromatic heterocycles. The SMILES string of the molecule is CC(C)(C)OC(=O)NC1CCC(=C(F)B2OC(C)(C)C(C)(C)O2)C2CCC12. The van der Waals surface area contributed by atoms with Crippen LogP contribution in [0.4, 0.5) is 9.18 Å². The van der Waals surface area contributed by atoms with Crippen LogP contribution >= 0.6 is 0 Å². The third-order valence-corrected chi connectivity index (χ3v) is 6.49. The summed E-state index contributed by atoms with van der Waals surface area (Å²) < 4.78 is 32.4. The molecule has 3 rings (SSSR count). The van der Waals surface area contributed by atoms with Gasteiger partial charge in [0.2, 0.25) is 0 Å². The summed E-state index contributed by atoms with van der Waals surface area (Å²) in [5.41, 5.74) is -1.08. The van der Waals surface area contributed by atoms with Gasteiger partial charge < -0.3 is 19.4 Å². The van der Waals surface area contributed by atoms with E-state index in [1.54, 1.807) is 0 Å². The summed E-state index contributed by atoms with van der Waals surface area (Å²) in [5.74, 6) is 0.409. The molecular weight excluding hydrogens is 348 g/mol. The second-order valence-electron chi connectivity index (χ2n) is 10.1. The van der Waals surface area contributed by atoms with E-state index in [9.17, 15) is 4.79 Å². The lowest BCUT2D eigenvalue weighted by Crippen LogP contribution is -2.51. The first-order valence-electron chi connectivity index (χ1n) is 10.0. The van der Waals surface area contributed by atoms with Crippen molar-refractivity contribution < 1.29 is 23.2 Å². The van der Waals surface area contributed by atoms with Gasteiger partial charge in [-0.15, -0.1) is 0 Å². The Morgan fingerprint density at radius 1 is 1.15 bits per heavy atom. The number of ether oxygens (including phenoxy) is 1. The predicted molar refractivity (Wildman–Crippen MR) is 103 cm³/mol. The first-order chi connectivity index (χ1) is 12.3. The Labute approximate surface area is 162 Å². The molecule has 152 valence electrons. The number of carbonyl (C=O) groups is 1. The van der Waals surface area contributed by atoms with Crippen molar-refractivity contribution in [3.63, 3.8) is 0 Å². The fraction of sp³-hybridized carbons (Fsp3) is 0.850. The van der Waals surface area contributed by atoms with E-state index in [4.69, 9.17) is 14.0 Å². The van der Waals surface area contributed by atoms with Gasteiger partial charge in [0.1, 0.15) is 11.3 Å². The van der Waals surface area contributed by atoms with Gasteiger partial charge in [0.15, 0.2) is 0 Å². The van der Waals surface area contributed by atoms with Crippen LogP contribution in [0.25, 0.3) is 0 Å². The van der Waals surface area contributed by atoms with E-state index in [-0.39, 0.29) is 23.6 Å². The Bertz CT molecular complexity index is 624. The number of hydrogen-bond donors (Lipinski definition) is 1. The van der Waals surface area contributed by atoms with Gasteiger partial charge in [0, 0.05) is 6.04 Å². The molecule has 1 aliphatic heterocycles. The van der Waals surface area contributed by atoms with E-state index in [1.807, 2.05) is 48.5 Å². The van der Waals surface area contributed by atoms with Crippen molar-refractivity contribution in [1.82, 2.24) is 5.32 Å². The molecule has 5 nitrogen and oxygen atoms in total. The number of hydrogen-bond acceptors (Lipinski definition) is 4. The number of nitrogens with one attached hydrogen (secondary N) is 1. The maximum absolute atomic E-state index is 15.3. The number of fused-ring (bicyclic) bond motifs is 1. The standard InChI is InChI=1S/C20H33BFNO4/c1-18(2,3)25-17(24)23-15-11-10-14(12-8-9-13(12)15)16(22)21-26-19(4,5)20(6,7)27-21/h12-13,15H,8-11H2,1-7H3,(H,23,24). The normalized spacial score (nSPS) is 33.8. The maximum Gasteiger partial charge on any atom is 0.525 e. The predicted octanol–water partition coefficient (Wildman–Crippen LogP) is 4.55. The quantitative estimate of drug-likeness (QED) is 0.713. The molecule has 3 aliphatic rings. The van der Waals surface area contributed by atoms with Crippen LogP contribution in [-0.4, -0.2) is 36.1 Å². The summed E-state index contributed by atoms with van der Waals surface area (Å²) in [7, 11) is -0.929. The van der Waals surface area contributed by atoms with Gasteiger partial charge >= 0.3 is 13.2 Å². The van der Waals surface area contributed by atoms with Crippen molar-refractivity contribution in [3.05, 3.63) is 11.3 Å². The van der Waals surface area contributed by atoms with E-state index in [0.29, 0.717) is 12.8 Å². The van der Waals surface area contributed by atoms with Gasteiger partial charge in [-0.05, 0) is 91.6 Å². The summed E-state index contributed by atoms with van der Waals surface area (Å²) in [6.07, 6.45) is 2.86. The molecule has 2 aliphatic carbocycles. The smallest absolute Gasteiger partial charge is 0.444 e. The second kappa shape index (κ2) is 6.76. The molecule has 2 saturated carbocycles. The van der Waals surface area contributed by atoms with E-state index >= 15 is 4.39 Å². The molecule has 7 heteroatoms. The molecule has 3 fully saturated rings. The van der Waals surface area contributed by atoms with Crippen LogP contribution in [0, 0.1) is 11.8 Å². The number of amides is 1. The van der Waals surface area contributed by atoms with Crippen molar-refractivity contribution in [2.75, 3.05) is 0 Å². The van der Waals surface area contributed by atoms with Crippen molar-refractivity contribution in [3.8, 4) is 0 Å². The van der Waals surface area contributed by atoms with Gasteiger partial charge in [-0.3, -0.25) is 0 Å². The summed E-state index contributed by atoms with van der Waals surface area (Å²) in [4.78, 5) is 12.1. The highest BCUT2D eigenvalue weighted by atomic mass is 19.1. The molecule has 1 heterocycles. The second-order valence-corrected chi connectivity index (χ2v) is 10.1. The van der Waals surface area contributed by atoms with Crippen LogP contribution < -0.4 is 5.32 Å². The van der Waals surface area contributed by atoms with Crippen molar-refractivity contribution in [1.29, 1.82) is 0 Å². The minimum atomic E-state index is -0.929. The Morgan fingerprint density at radius 2 is 1.74 bits per heavy atom. The van der Waals surface area contributed by atoms with Gasteiger partial charge in [0.05, 0.1) is 11.2 Å². The Balaban J connectivity index is 1.68. The Morgan fingerprint density at radius 3 is 2.22 bits per heavy atom. The molecule has 1 amide bonds. The summed E-state index contributed by atoms with van der Waals surface area (Å²) in [5, 5.41) is 2.99. The molecule has 0 spiro atoms. The molecule has 0 radical (unpaired) electrons. The average molecular weight is 381 g/mol. The van der Waals surface area contributed by atoms with Gasteiger partial charge in [0.25, 0.3) is 0 Å². The number of carbonyl (C=O) groups excluding carboxylic acids is 1. The van der Waals surface area contributed by atoms with Crippen LogP contribution in [0.1, 0.15) is 74.1 Å². The fourth-order valence-electron chi connectivity index (χ4n) is 4.18. The summed E-state index contributed by atoms with van der Waals surface area (Å²) >= 11 is 0. The van der Waals surface area contributed by atoms with Crippen molar-refractivity contribution in [2.45, 2.75) is 97.0 Å². The van der Waals surface area contributed by atoms with Crippen LogP contribution in [0.5, 0.6) is 0 Å². The van der Waals surface area contributed by atoms with Crippen LogP contribution in [-0.2, 0) is 14.0 Å². The maximum atomic E-state index is 15.3. The first-order valence-corrected chi connectivity index (χ1v) is 10.0. The first kappa shape index (κ1) is 20.7. The summed E-state index contributed by atoms with van der Waals surface area (Å²) in [6.45, 7) is 13.3. The lowest BCUT2D eigenvalue weighted by Gasteiger charge is -2.47. The Kier molecular flexibility index (Phi) is 5.17. The van der Waals surface area contributed by atoms with E-state index in [0.717, 1.165) is 18.4 Å². The van der Waals surface area contributed by atoms with E-state index < -0.39 is 30.0 Å². The number of rotatable bonds is 2. The number of alkyl carbamates (subject to hydrolysis) is 1. The third kappa shape index (κ3) is 4.04. The Hall–Kier alpha value is -1.08. The van der Waals surface area contributed by atoms with Crippen LogP contribution in [0.3, 0.4) is 0 Å². The number of allylic oxidation sites excluding steroid dienone is 1. The van der Waals surface area contributed by atoms with Crippen LogP contribution in [0.2, 0.25) is 0 Å². The minimum Gasteiger partial charge on any atom is -0.444 e. The third-order valence-electron chi connectivity index (χ3n) is 6.49. The fourth-order valence-corrected chi connectivity index (χ4v) is 4.18. The van der Waals surface area contributed by atoms with E-state index in [2.05, 4.69) is 5.32 Å².